The molecule has 0 radical (unpaired) electrons. The molecular formula is C19H11ClF3N3OS. The van der Waals surface area contributed by atoms with Gasteiger partial charge in [0.15, 0.2) is 0 Å². The molecule has 0 saturated heterocycles. The van der Waals surface area contributed by atoms with Gasteiger partial charge in [0.2, 0.25) is 5.91 Å². The lowest BCUT2D eigenvalue weighted by atomic mass is 10.1. The van der Waals surface area contributed by atoms with Gasteiger partial charge in [-0.15, -0.1) is 11.3 Å². The van der Waals surface area contributed by atoms with E-state index in [-0.39, 0.29) is 17.4 Å². The van der Waals surface area contributed by atoms with Crippen molar-refractivity contribution >= 4 is 34.5 Å². The standard InChI is InChI=1S/C19H11ClF3N3OS/c20-16-7-14(6-3-12(16)9-24)25-17(27)8-15-10-28-18(26-15)11-1-4-13(5-2-11)19(21,22)23/h1-7,10H,8H2,(H,25,27). The Bertz CT molecular complexity index is 1060. The zero-order valence-corrected chi connectivity index (χ0v) is 15.6. The number of alkyl halides is 3. The Morgan fingerprint density at radius 3 is 2.54 bits per heavy atom. The SMILES string of the molecule is N#Cc1ccc(NC(=O)Cc2csc(-c3ccc(C(F)(F)F)cc3)n2)cc1Cl. The molecule has 0 aliphatic rings. The highest BCUT2D eigenvalue weighted by atomic mass is 35.5. The summed E-state index contributed by atoms with van der Waals surface area (Å²) < 4.78 is 37.9. The molecule has 0 aliphatic heterocycles. The molecular weight excluding hydrogens is 411 g/mol. The second-order valence-corrected chi connectivity index (χ2v) is 7.02. The Morgan fingerprint density at radius 2 is 1.93 bits per heavy atom. The van der Waals surface area contributed by atoms with E-state index in [9.17, 15) is 18.0 Å². The van der Waals surface area contributed by atoms with Crippen LogP contribution in [0.15, 0.2) is 47.8 Å². The van der Waals surface area contributed by atoms with Crippen LogP contribution >= 0.6 is 22.9 Å². The maximum Gasteiger partial charge on any atom is 0.416 e. The summed E-state index contributed by atoms with van der Waals surface area (Å²) in [5, 5.41) is 14.0. The van der Waals surface area contributed by atoms with Crippen molar-refractivity contribution in [2.24, 2.45) is 0 Å². The topological polar surface area (TPSA) is 65.8 Å². The maximum atomic E-state index is 12.6. The first-order valence-corrected chi connectivity index (χ1v) is 9.13. The number of carbonyl (C=O) groups excluding carboxylic acids is 1. The van der Waals surface area contributed by atoms with E-state index in [2.05, 4.69) is 10.3 Å². The molecule has 9 heteroatoms. The number of halogens is 4. The minimum Gasteiger partial charge on any atom is -0.326 e. The van der Waals surface area contributed by atoms with Crippen molar-refractivity contribution in [3.05, 3.63) is 69.7 Å². The number of hydrogen-bond donors (Lipinski definition) is 1. The molecule has 1 heterocycles. The largest absolute Gasteiger partial charge is 0.416 e. The van der Waals surface area contributed by atoms with Gasteiger partial charge in [-0.05, 0) is 30.3 Å². The molecule has 2 aromatic carbocycles. The first-order valence-electron chi connectivity index (χ1n) is 7.88. The number of nitriles is 1. The van der Waals surface area contributed by atoms with Gasteiger partial charge in [-0.2, -0.15) is 18.4 Å². The third-order valence-corrected chi connectivity index (χ3v) is 4.98. The molecule has 1 N–H and O–H groups in total. The predicted octanol–water partition coefficient (Wildman–Crippen LogP) is 5.54. The summed E-state index contributed by atoms with van der Waals surface area (Å²) in [5.74, 6) is -0.329. The first kappa shape index (κ1) is 19.9. The van der Waals surface area contributed by atoms with Gasteiger partial charge in [0.1, 0.15) is 11.1 Å². The number of rotatable bonds is 4. The molecule has 0 bridgehead atoms. The molecule has 0 spiro atoms. The van der Waals surface area contributed by atoms with Crippen molar-refractivity contribution in [1.29, 1.82) is 5.26 Å². The van der Waals surface area contributed by atoms with Gasteiger partial charge < -0.3 is 5.32 Å². The van der Waals surface area contributed by atoms with E-state index >= 15 is 0 Å². The van der Waals surface area contributed by atoms with Crippen LogP contribution in [0.2, 0.25) is 5.02 Å². The molecule has 0 saturated carbocycles. The first-order chi connectivity index (χ1) is 13.3. The Kier molecular flexibility index (Phi) is 5.68. The highest BCUT2D eigenvalue weighted by Gasteiger charge is 2.30. The van der Waals surface area contributed by atoms with Crippen LogP contribution in [0.4, 0.5) is 18.9 Å². The summed E-state index contributed by atoms with van der Waals surface area (Å²) in [4.78, 5) is 16.5. The fourth-order valence-electron chi connectivity index (χ4n) is 2.38. The zero-order valence-electron chi connectivity index (χ0n) is 14.0. The Balaban J connectivity index is 1.66. The van der Waals surface area contributed by atoms with Crippen LogP contribution in [0, 0.1) is 11.3 Å². The quantitative estimate of drug-likeness (QED) is 0.601. The molecule has 1 amide bonds. The number of amides is 1. The lowest BCUT2D eigenvalue weighted by Crippen LogP contribution is -2.14. The maximum absolute atomic E-state index is 12.6. The lowest BCUT2D eigenvalue weighted by molar-refractivity contribution is -0.137. The van der Waals surface area contributed by atoms with Gasteiger partial charge in [0, 0.05) is 16.6 Å². The molecule has 0 unspecified atom stereocenters. The van der Waals surface area contributed by atoms with Crippen molar-refractivity contribution < 1.29 is 18.0 Å². The van der Waals surface area contributed by atoms with Crippen molar-refractivity contribution in [3.8, 4) is 16.6 Å². The molecule has 3 rings (SSSR count). The van der Waals surface area contributed by atoms with Crippen LogP contribution in [-0.2, 0) is 17.4 Å². The number of hydrogen-bond acceptors (Lipinski definition) is 4. The van der Waals surface area contributed by atoms with Crippen LogP contribution in [-0.4, -0.2) is 10.9 Å². The summed E-state index contributed by atoms with van der Waals surface area (Å²) in [6, 6.07) is 11.2. The van der Waals surface area contributed by atoms with Crippen molar-refractivity contribution in [2.45, 2.75) is 12.6 Å². The van der Waals surface area contributed by atoms with Crippen LogP contribution in [0.1, 0.15) is 16.8 Å². The summed E-state index contributed by atoms with van der Waals surface area (Å²) in [7, 11) is 0. The van der Waals surface area contributed by atoms with Crippen molar-refractivity contribution in [3.63, 3.8) is 0 Å². The van der Waals surface area contributed by atoms with Crippen LogP contribution in [0.25, 0.3) is 10.6 Å². The fourth-order valence-corrected chi connectivity index (χ4v) is 3.42. The highest BCUT2D eigenvalue weighted by Crippen LogP contribution is 2.31. The van der Waals surface area contributed by atoms with Gasteiger partial charge >= 0.3 is 6.18 Å². The van der Waals surface area contributed by atoms with E-state index in [0.717, 1.165) is 12.1 Å². The van der Waals surface area contributed by atoms with E-state index in [1.165, 1.54) is 35.6 Å². The molecule has 28 heavy (non-hydrogen) atoms. The van der Waals surface area contributed by atoms with E-state index in [4.69, 9.17) is 16.9 Å². The monoisotopic (exact) mass is 421 g/mol. The van der Waals surface area contributed by atoms with Gasteiger partial charge in [0.25, 0.3) is 0 Å². The molecule has 0 atom stereocenters. The number of carbonyl (C=O) groups is 1. The van der Waals surface area contributed by atoms with Gasteiger partial charge in [-0.25, -0.2) is 4.98 Å². The predicted molar refractivity (Wildman–Crippen MR) is 101 cm³/mol. The molecule has 4 nitrogen and oxygen atoms in total. The van der Waals surface area contributed by atoms with Crippen molar-refractivity contribution in [2.75, 3.05) is 5.32 Å². The molecule has 0 fully saturated rings. The van der Waals surface area contributed by atoms with Gasteiger partial charge in [-0.3, -0.25) is 4.79 Å². The Labute approximate surface area is 167 Å². The number of benzene rings is 2. The summed E-state index contributed by atoms with van der Waals surface area (Å²) in [5.41, 5.74) is 1.07. The molecule has 142 valence electrons. The third kappa shape index (κ3) is 4.68. The van der Waals surface area contributed by atoms with E-state index in [1.54, 1.807) is 11.4 Å². The number of thiazole rings is 1. The summed E-state index contributed by atoms with van der Waals surface area (Å²) >= 11 is 7.17. The Hall–Kier alpha value is -2.89. The lowest BCUT2D eigenvalue weighted by Gasteiger charge is -2.06. The second-order valence-electron chi connectivity index (χ2n) is 5.75. The smallest absolute Gasteiger partial charge is 0.326 e. The highest BCUT2D eigenvalue weighted by molar-refractivity contribution is 7.13. The van der Waals surface area contributed by atoms with Gasteiger partial charge in [-0.1, -0.05) is 23.7 Å². The van der Waals surface area contributed by atoms with Crippen LogP contribution in [0.3, 0.4) is 0 Å². The average molecular weight is 422 g/mol. The minimum absolute atomic E-state index is 0.00520. The van der Waals surface area contributed by atoms with E-state index < -0.39 is 11.7 Å². The van der Waals surface area contributed by atoms with Gasteiger partial charge in [0.05, 0.1) is 28.3 Å². The normalized spacial score (nSPS) is 11.1. The summed E-state index contributed by atoms with van der Waals surface area (Å²) in [6.07, 6.45) is -4.40. The summed E-state index contributed by atoms with van der Waals surface area (Å²) in [6.45, 7) is 0. The number of nitrogens with zero attached hydrogens (tertiary/aromatic N) is 2. The molecule has 3 aromatic rings. The number of aromatic nitrogens is 1. The van der Waals surface area contributed by atoms with E-state index in [1.807, 2.05) is 6.07 Å². The third-order valence-electron chi connectivity index (χ3n) is 3.73. The molecule has 0 aliphatic carbocycles. The van der Waals surface area contributed by atoms with Crippen LogP contribution in [0.5, 0.6) is 0 Å². The zero-order chi connectivity index (χ0) is 20.3. The fraction of sp³-hybridized carbons (Fsp3) is 0.105. The Morgan fingerprint density at radius 1 is 1.21 bits per heavy atom. The van der Waals surface area contributed by atoms with E-state index in [0.29, 0.717) is 27.5 Å². The molecule has 1 aromatic heterocycles. The second kappa shape index (κ2) is 8.00. The number of anilines is 1. The van der Waals surface area contributed by atoms with Crippen molar-refractivity contribution in [1.82, 2.24) is 4.98 Å². The van der Waals surface area contributed by atoms with Crippen LogP contribution < -0.4 is 5.32 Å². The average Bonchev–Trinajstić information content (AvgIpc) is 3.09. The minimum atomic E-state index is -4.39. The number of nitrogens with one attached hydrogen (secondary N) is 1.